The summed E-state index contributed by atoms with van der Waals surface area (Å²) in [4.78, 5) is 24.8. The predicted molar refractivity (Wildman–Crippen MR) is 118 cm³/mol. The molecular weight excluding hydrogens is 380 g/mol. The Bertz CT molecular complexity index is 981. The van der Waals surface area contributed by atoms with E-state index in [-0.39, 0.29) is 11.8 Å². The second-order valence-corrected chi connectivity index (χ2v) is 6.59. The summed E-state index contributed by atoms with van der Waals surface area (Å²) in [6, 6.07) is 20.8. The number of carbonyl (C=O) groups is 2. The average molecular weight is 404 g/mol. The molecule has 154 valence electrons. The lowest BCUT2D eigenvalue weighted by Crippen LogP contribution is -2.13. The maximum absolute atomic E-state index is 12.4. The van der Waals surface area contributed by atoms with Gasteiger partial charge < -0.3 is 20.1 Å². The number of amides is 2. The molecule has 0 unspecified atom stereocenters. The second-order valence-electron chi connectivity index (χ2n) is 6.59. The smallest absolute Gasteiger partial charge is 0.255 e. The Kier molecular flexibility index (Phi) is 7.05. The number of nitrogens with one attached hydrogen (secondary N) is 2. The van der Waals surface area contributed by atoms with Crippen LogP contribution in [-0.2, 0) is 0 Å². The first kappa shape index (κ1) is 20.9. The van der Waals surface area contributed by atoms with E-state index in [0.29, 0.717) is 29.1 Å². The van der Waals surface area contributed by atoms with Crippen molar-refractivity contribution in [1.29, 1.82) is 0 Å². The Morgan fingerprint density at radius 1 is 0.700 bits per heavy atom. The van der Waals surface area contributed by atoms with E-state index in [1.165, 1.54) is 0 Å². The fourth-order valence-electron chi connectivity index (χ4n) is 2.71. The number of benzene rings is 3. The maximum Gasteiger partial charge on any atom is 0.255 e. The Hall–Kier alpha value is -3.80. The van der Waals surface area contributed by atoms with Crippen molar-refractivity contribution in [3.63, 3.8) is 0 Å². The van der Waals surface area contributed by atoms with Gasteiger partial charge in [0, 0.05) is 22.5 Å². The molecule has 0 atom stereocenters. The molecule has 0 bridgehead atoms. The van der Waals surface area contributed by atoms with Crippen LogP contribution in [0.15, 0.2) is 72.8 Å². The van der Waals surface area contributed by atoms with Crippen molar-refractivity contribution in [1.82, 2.24) is 0 Å². The Labute approximate surface area is 175 Å². The third-order valence-corrected chi connectivity index (χ3v) is 4.34. The lowest BCUT2D eigenvalue weighted by atomic mass is 10.1. The highest BCUT2D eigenvalue weighted by Crippen LogP contribution is 2.18. The minimum absolute atomic E-state index is 0.229. The summed E-state index contributed by atoms with van der Waals surface area (Å²) in [6.45, 7) is 2.68. The molecule has 0 aliphatic heterocycles. The van der Waals surface area contributed by atoms with Crippen LogP contribution in [0.2, 0.25) is 0 Å². The highest BCUT2D eigenvalue weighted by molar-refractivity contribution is 6.06. The number of anilines is 2. The average Bonchev–Trinajstić information content (AvgIpc) is 2.79. The van der Waals surface area contributed by atoms with Gasteiger partial charge >= 0.3 is 0 Å². The summed E-state index contributed by atoms with van der Waals surface area (Å²) in [6.07, 6.45) is 0.927. The van der Waals surface area contributed by atoms with Gasteiger partial charge in [-0.1, -0.05) is 6.92 Å². The van der Waals surface area contributed by atoms with Crippen molar-refractivity contribution in [3.05, 3.63) is 83.9 Å². The standard InChI is InChI=1S/C24H24N2O4/c1-3-16-30-22-12-6-18(7-13-22)24(28)25-19-8-4-17(5-9-19)23(27)26-20-10-14-21(29-2)15-11-20/h4-15H,3,16H2,1-2H3,(H,25,28)(H,26,27). The van der Waals surface area contributed by atoms with E-state index >= 15 is 0 Å². The molecule has 0 saturated heterocycles. The van der Waals surface area contributed by atoms with Crippen LogP contribution in [0.25, 0.3) is 0 Å². The summed E-state index contributed by atoms with van der Waals surface area (Å²) in [5.41, 5.74) is 2.29. The molecule has 0 aliphatic carbocycles. The van der Waals surface area contributed by atoms with Crippen LogP contribution in [0.4, 0.5) is 11.4 Å². The van der Waals surface area contributed by atoms with Crippen molar-refractivity contribution < 1.29 is 19.1 Å². The first-order valence-electron chi connectivity index (χ1n) is 9.68. The highest BCUT2D eigenvalue weighted by Gasteiger charge is 2.09. The van der Waals surface area contributed by atoms with Gasteiger partial charge in [-0.3, -0.25) is 9.59 Å². The van der Waals surface area contributed by atoms with Crippen LogP contribution in [0.1, 0.15) is 34.1 Å². The fraction of sp³-hybridized carbons (Fsp3) is 0.167. The molecule has 2 amide bonds. The van der Waals surface area contributed by atoms with E-state index in [4.69, 9.17) is 9.47 Å². The van der Waals surface area contributed by atoms with Gasteiger partial charge in [0.25, 0.3) is 11.8 Å². The summed E-state index contributed by atoms with van der Waals surface area (Å²) in [5.74, 6) is 0.991. The van der Waals surface area contributed by atoms with Gasteiger partial charge in [0.15, 0.2) is 0 Å². The molecule has 0 spiro atoms. The summed E-state index contributed by atoms with van der Waals surface area (Å²) >= 11 is 0. The monoisotopic (exact) mass is 404 g/mol. The van der Waals surface area contributed by atoms with E-state index < -0.39 is 0 Å². The topological polar surface area (TPSA) is 76.7 Å². The molecule has 6 nitrogen and oxygen atoms in total. The predicted octanol–water partition coefficient (Wildman–Crippen LogP) is 4.99. The first-order valence-corrected chi connectivity index (χ1v) is 9.68. The quantitative estimate of drug-likeness (QED) is 0.555. The van der Waals surface area contributed by atoms with E-state index in [0.717, 1.165) is 17.9 Å². The third-order valence-electron chi connectivity index (χ3n) is 4.34. The summed E-state index contributed by atoms with van der Waals surface area (Å²) in [5, 5.41) is 5.65. The number of carbonyl (C=O) groups excluding carboxylic acids is 2. The van der Waals surface area contributed by atoms with Crippen molar-refractivity contribution in [2.45, 2.75) is 13.3 Å². The number of hydrogen-bond donors (Lipinski definition) is 2. The molecule has 0 aliphatic rings. The third kappa shape index (κ3) is 5.61. The van der Waals surface area contributed by atoms with Crippen LogP contribution >= 0.6 is 0 Å². The van der Waals surface area contributed by atoms with Crippen molar-refractivity contribution in [2.75, 3.05) is 24.4 Å². The van der Waals surface area contributed by atoms with Gasteiger partial charge in [-0.15, -0.1) is 0 Å². The van der Waals surface area contributed by atoms with E-state index in [9.17, 15) is 9.59 Å². The summed E-state index contributed by atoms with van der Waals surface area (Å²) in [7, 11) is 1.59. The lowest BCUT2D eigenvalue weighted by Gasteiger charge is -2.09. The molecule has 0 aromatic heterocycles. The molecule has 3 rings (SSSR count). The SMILES string of the molecule is CCCOc1ccc(C(=O)Nc2ccc(C(=O)Nc3ccc(OC)cc3)cc2)cc1. The summed E-state index contributed by atoms with van der Waals surface area (Å²) < 4.78 is 10.6. The van der Waals surface area contributed by atoms with Gasteiger partial charge in [-0.2, -0.15) is 0 Å². The molecule has 0 radical (unpaired) electrons. The number of hydrogen-bond acceptors (Lipinski definition) is 4. The van der Waals surface area contributed by atoms with E-state index in [2.05, 4.69) is 10.6 Å². The Morgan fingerprint density at radius 2 is 1.13 bits per heavy atom. The zero-order valence-corrected chi connectivity index (χ0v) is 17.0. The zero-order valence-electron chi connectivity index (χ0n) is 17.0. The van der Waals surface area contributed by atoms with Gasteiger partial charge in [0.2, 0.25) is 0 Å². The van der Waals surface area contributed by atoms with Crippen LogP contribution in [0.5, 0.6) is 11.5 Å². The molecule has 3 aromatic rings. The molecule has 3 aromatic carbocycles. The number of methoxy groups -OCH3 is 1. The van der Waals surface area contributed by atoms with E-state index in [1.807, 2.05) is 6.92 Å². The van der Waals surface area contributed by atoms with Crippen LogP contribution < -0.4 is 20.1 Å². The van der Waals surface area contributed by atoms with Crippen LogP contribution in [-0.4, -0.2) is 25.5 Å². The minimum Gasteiger partial charge on any atom is -0.497 e. The molecule has 0 saturated carbocycles. The largest absolute Gasteiger partial charge is 0.497 e. The van der Waals surface area contributed by atoms with Gasteiger partial charge in [-0.25, -0.2) is 0 Å². The minimum atomic E-state index is -0.235. The maximum atomic E-state index is 12.4. The van der Waals surface area contributed by atoms with Gasteiger partial charge in [0.05, 0.1) is 13.7 Å². The van der Waals surface area contributed by atoms with Gasteiger partial charge in [-0.05, 0) is 79.2 Å². The number of ether oxygens (including phenoxy) is 2. The van der Waals surface area contributed by atoms with Crippen molar-refractivity contribution in [2.24, 2.45) is 0 Å². The molecule has 0 heterocycles. The lowest BCUT2D eigenvalue weighted by molar-refractivity contribution is 0.102. The van der Waals surface area contributed by atoms with Crippen molar-refractivity contribution in [3.8, 4) is 11.5 Å². The highest BCUT2D eigenvalue weighted by atomic mass is 16.5. The van der Waals surface area contributed by atoms with Crippen LogP contribution in [0, 0.1) is 0 Å². The van der Waals surface area contributed by atoms with Gasteiger partial charge in [0.1, 0.15) is 11.5 Å². The first-order chi connectivity index (χ1) is 14.6. The fourth-order valence-corrected chi connectivity index (χ4v) is 2.71. The van der Waals surface area contributed by atoms with Crippen molar-refractivity contribution >= 4 is 23.2 Å². The molecular formula is C24H24N2O4. The normalized spacial score (nSPS) is 10.2. The second kappa shape index (κ2) is 10.1. The van der Waals surface area contributed by atoms with Crippen LogP contribution in [0.3, 0.4) is 0 Å². The molecule has 6 heteroatoms. The number of rotatable bonds is 8. The Balaban J connectivity index is 1.57. The molecule has 30 heavy (non-hydrogen) atoms. The molecule has 2 N–H and O–H groups in total. The zero-order chi connectivity index (χ0) is 21.3. The molecule has 0 fully saturated rings. The Morgan fingerprint density at radius 3 is 1.60 bits per heavy atom. The van der Waals surface area contributed by atoms with E-state index in [1.54, 1.807) is 79.9 Å².